The highest BCUT2D eigenvalue weighted by Crippen LogP contribution is 2.26. The van der Waals surface area contributed by atoms with Gasteiger partial charge in [-0.15, -0.1) is 0 Å². The minimum atomic E-state index is -0.349. The highest BCUT2D eigenvalue weighted by atomic mass is 16.3. The Bertz CT molecular complexity index is 602. The zero-order valence-corrected chi connectivity index (χ0v) is 11.5. The lowest BCUT2D eigenvalue weighted by molar-refractivity contribution is -0.117. The zero-order valence-electron chi connectivity index (χ0n) is 11.5. The largest absolute Gasteiger partial charge is 0.441 e. The Kier molecular flexibility index (Phi) is 3.57. The smallest absolute Gasteiger partial charge is 0.231 e. The number of benzene rings is 1. The molecule has 0 fully saturated rings. The number of nitrogens with zero attached hydrogens (tertiary/aromatic N) is 1. The fourth-order valence-corrected chi connectivity index (χ4v) is 2.06. The Hall–Kier alpha value is -1.88. The molecule has 0 aliphatic carbocycles. The van der Waals surface area contributed by atoms with Gasteiger partial charge in [-0.1, -0.05) is 19.9 Å². The summed E-state index contributed by atoms with van der Waals surface area (Å²) >= 11 is 0. The Morgan fingerprint density at radius 2 is 2.21 bits per heavy atom. The molecule has 0 saturated heterocycles. The van der Waals surface area contributed by atoms with Crippen molar-refractivity contribution in [1.82, 2.24) is 10.3 Å². The molecule has 3 N–H and O–H groups in total. The van der Waals surface area contributed by atoms with Crippen molar-refractivity contribution in [2.75, 3.05) is 13.1 Å². The molecule has 0 bridgehead atoms. The second-order valence-corrected chi connectivity index (χ2v) is 5.37. The van der Waals surface area contributed by atoms with E-state index in [0.717, 1.165) is 16.7 Å². The lowest BCUT2D eigenvalue weighted by Gasteiger charge is -2.25. The van der Waals surface area contributed by atoms with Crippen LogP contribution in [0.25, 0.3) is 11.1 Å². The summed E-state index contributed by atoms with van der Waals surface area (Å²) in [5.41, 5.74) is 7.80. The third-order valence-electron chi connectivity index (χ3n) is 3.14. The average Bonchev–Trinajstić information content (AvgIpc) is 2.67. The quantitative estimate of drug-likeness (QED) is 0.854. The van der Waals surface area contributed by atoms with E-state index in [4.69, 9.17) is 10.2 Å². The fourth-order valence-electron chi connectivity index (χ4n) is 2.06. The van der Waals surface area contributed by atoms with Gasteiger partial charge in [0.2, 0.25) is 5.91 Å². The van der Waals surface area contributed by atoms with E-state index < -0.39 is 0 Å². The highest BCUT2D eigenvalue weighted by molar-refractivity contribution is 5.76. The number of aryl methyl sites for hydroxylation is 1. The SMILES string of the molecule is Cc1nc2cc(C(C)(C)CNCC(N)=O)ccc2o1. The topological polar surface area (TPSA) is 81.1 Å². The van der Waals surface area contributed by atoms with Gasteiger partial charge in [-0.25, -0.2) is 4.98 Å². The van der Waals surface area contributed by atoms with E-state index in [-0.39, 0.29) is 17.9 Å². The second kappa shape index (κ2) is 5.01. The lowest BCUT2D eigenvalue weighted by atomic mass is 9.84. The van der Waals surface area contributed by atoms with Crippen LogP contribution in [0, 0.1) is 6.92 Å². The number of nitrogens with two attached hydrogens (primary N) is 1. The monoisotopic (exact) mass is 261 g/mol. The summed E-state index contributed by atoms with van der Waals surface area (Å²) in [5.74, 6) is 0.315. The van der Waals surface area contributed by atoms with Crippen LogP contribution < -0.4 is 11.1 Å². The highest BCUT2D eigenvalue weighted by Gasteiger charge is 2.21. The lowest BCUT2D eigenvalue weighted by Crippen LogP contribution is -2.37. The molecule has 0 radical (unpaired) electrons. The minimum Gasteiger partial charge on any atom is -0.441 e. The molecule has 0 aliphatic rings. The summed E-state index contributed by atoms with van der Waals surface area (Å²) in [7, 11) is 0. The second-order valence-electron chi connectivity index (χ2n) is 5.37. The molecule has 0 aliphatic heterocycles. The third kappa shape index (κ3) is 3.12. The predicted octanol–water partition coefficient (Wildman–Crippen LogP) is 1.49. The number of hydrogen-bond acceptors (Lipinski definition) is 4. The number of primary amides is 1. The minimum absolute atomic E-state index is 0.115. The van der Waals surface area contributed by atoms with Gasteiger partial charge in [0.15, 0.2) is 11.5 Å². The van der Waals surface area contributed by atoms with Gasteiger partial charge >= 0.3 is 0 Å². The molecule has 1 aromatic carbocycles. The zero-order chi connectivity index (χ0) is 14.0. The first-order valence-corrected chi connectivity index (χ1v) is 6.25. The van der Waals surface area contributed by atoms with Crippen molar-refractivity contribution in [3.05, 3.63) is 29.7 Å². The molecule has 2 aromatic rings. The average molecular weight is 261 g/mol. The van der Waals surface area contributed by atoms with Crippen molar-refractivity contribution in [3.8, 4) is 0 Å². The van der Waals surface area contributed by atoms with Gasteiger partial charge in [-0.3, -0.25) is 4.79 Å². The Morgan fingerprint density at radius 3 is 2.89 bits per heavy atom. The van der Waals surface area contributed by atoms with Crippen molar-refractivity contribution < 1.29 is 9.21 Å². The Morgan fingerprint density at radius 1 is 1.47 bits per heavy atom. The van der Waals surface area contributed by atoms with Crippen LogP contribution in [-0.2, 0) is 10.2 Å². The number of hydrogen-bond donors (Lipinski definition) is 2. The van der Waals surface area contributed by atoms with Gasteiger partial charge < -0.3 is 15.5 Å². The number of aromatic nitrogens is 1. The number of carbonyl (C=O) groups excluding carboxylic acids is 1. The number of amides is 1. The van der Waals surface area contributed by atoms with Gasteiger partial charge in [0.05, 0.1) is 6.54 Å². The number of fused-ring (bicyclic) bond motifs is 1. The van der Waals surface area contributed by atoms with E-state index in [0.29, 0.717) is 12.4 Å². The molecule has 5 nitrogen and oxygen atoms in total. The Labute approximate surface area is 112 Å². The van der Waals surface area contributed by atoms with Gasteiger partial charge in [-0.05, 0) is 17.7 Å². The molecule has 102 valence electrons. The van der Waals surface area contributed by atoms with Gasteiger partial charge in [0, 0.05) is 18.9 Å². The maximum atomic E-state index is 10.7. The van der Waals surface area contributed by atoms with Crippen molar-refractivity contribution in [2.45, 2.75) is 26.2 Å². The van der Waals surface area contributed by atoms with E-state index in [1.165, 1.54) is 0 Å². The van der Waals surface area contributed by atoms with E-state index in [1.807, 2.05) is 25.1 Å². The molecule has 1 aromatic heterocycles. The number of carbonyl (C=O) groups is 1. The first-order valence-electron chi connectivity index (χ1n) is 6.25. The number of nitrogens with one attached hydrogen (secondary N) is 1. The van der Waals surface area contributed by atoms with Crippen LogP contribution >= 0.6 is 0 Å². The summed E-state index contributed by atoms with van der Waals surface area (Å²) in [6.07, 6.45) is 0. The van der Waals surface area contributed by atoms with Gasteiger partial charge in [-0.2, -0.15) is 0 Å². The maximum Gasteiger partial charge on any atom is 0.231 e. The molecule has 2 rings (SSSR count). The third-order valence-corrected chi connectivity index (χ3v) is 3.14. The molecule has 0 atom stereocenters. The van der Waals surface area contributed by atoms with Crippen LogP contribution in [0.1, 0.15) is 25.3 Å². The molecule has 0 saturated carbocycles. The van der Waals surface area contributed by atoms with Crippen LogP contribution in [0.4, 0.5) is 0 Å². The van der Waals surface area contributed by atoms with Crippen molar-refractivity contribution in [2.24, 2.45) is 5.73 Å². The van der Waals surface area contributed by atoms with Crippen molar-refractivity contribution in [1.29, 1.82) is 0 Å². The molecule has 1 amide bonds. The molecule has 19 heavy (non-hydrogen) atoms. The van der Waals surface area contributed by atoms with E-state index >= 15 is 0 Å². The normalized spacial score (nSPS) is 11.9. The Balaban J connectivity index is 2.19. The fraction of sp³-hybridized carbons (Fsp3) is 0.429. The summed E-state index contributed by atoms with van der Waals surface area (Å²) in [5, 5.41) is 3.06. The van der Waals surface area contributed by atoms with Crippen LogP contribution in [-0.4, -0.2) is 24.0 Å². The van der Waals surface area contributed by atoms with Gasteiger partial charge in [0.1, 0.15) is 5.52 Å². The van der Waals surface area contributed by atoms with Crippen LogP contribution in [0.2, 0.25) is 0 Å². The molecular formula is C14H19N3O2. The summed E-state index contributed by atoms with van der Waals surface area (Å²) < 4.78 is 5.46. The van der Waals surface area contributed by atoms with Crippen molar-refractivity contribution >= 4 is 17.0 Å². The van der Waals surface area contributed by atoms with Crippen LogP contribution in [0.3, 0.4) is 0 Å². The first-order chi connectivity index (χ1) is 8.88. The van der Waals surface area contributed by atoms with E-state index in [2.05, 4.69) is 24.1 Å². The number of rotatable bonds is 5. The summed E-state index contributed by atoms with van der Waals surface area (Å²) in [4.78, 5) is 15.1. The van der Waals surface area contributed by atoms with Crippen molar-refractivity contribution in [3.63, 3.8) is 0 Å². The first kappa shape index (κ1) is 13.5. The van der Waals surface area contributed by atoms with Crippen LogP contribution in [0.15, 0.2) is 22.6 Å². The standard InChI is InChI=1S/C14H19N3O2/c1-9-17-11-6-10(4-5-12(11)19-9)14(2,3)8-16-7-13(15)18/h4-6,16H,7-8H2,1-3H3,(H2,15,18). The summed E-state index contributed by atoms with van der Waals surface area (Å²) in [6.45, 7) is 6.90. The molecular weight excluding hydrogens is 242 g/mol. The van der Waals surface area contributed by atoms with Gasteiger partial charge in [0.25, 0.3) is 0 Å². The van der Waals surface area contributed by atoms with E-state index in [9.17, 15) is 4.79 Å². The predicted molar refractivity (Wildman–Crippen MR) is 73.8 cm³/mol. The maximum absolute atomic E-state index is 10.7. The summed E-state index contributed by atoms with van der Waals surface area (Å²) in [6, 6.07) is 5.98. The molecule has 0 unspecified atom stereocenters. The molecule has 0 spiro atoms. The molecule has 5 heteroatoms. The number of oxazole rings is 1. The van der Waals surface area contributed by atoms with E-state index in [1.54, 1.807) is 0 Å². The molecule has 1 heterocycles. The van der Waals surface area contributed by atoms with Crippen LogP contribution in [0.5, 0.6) is 0 Å².